The van der Waals surface area contributed by atoms with Crippen molar-refractivity contribution in [1.82, 2.24) is 0 Å². The maximum absolute atomic E-state index is 9.84. The number of aliphatic hydroxyl groups excluding tert-OH is 1. The first-order valence-corrected chi connectivity index (χ1v) is 2.10. The van der Waals surface area contributed by atoms with Crippen LogP contribution in [0.5, 0.6) is 0 Å². The van der Waals surface area contributed by atoms with Crippen LogP contribution < -0.4 is 0 Å². The summed E-state index contributed by atoms with van der Waals surface area (Å²) in [5.41, 5.74) is -2.62. The fraction of sp³-hybridized carbons (Fsp3) is 0.500. The third-order valence-corrected chi connectivity index (χ3v) is 0.806. The quantitative estimate of drug-likeness (QED) is 0.306. The van der Waals surface area contributed by atoms with E-state index in [4.69, 9.17) is 15.3 Å². The van der Waals surface area contributed by atoms with Crippen LogP contribution in [0.3, 0.4) is 0 Å². The molecule has 9 heavy (non-hydrogen) atoms. The molecule has 0 radical (unpaired) electrons. The first kappa shape index (κ1) is 8.06. The molecule has 0 aliphatic carbocycles. The van der Waals surface area contributed by atoms with Crippen LogP contribution in [0.25, 0.3) is 0 Å². The van der Waals surface area contributed by atoms with Gasteiger partial charge in [0.15, 0.2) is 6.29 Å². The van der Waals surface area contributed by atoms with Gasteiger partial charge in [0.2, 0.25) is 5.60 Å². The number of carbonyl (C=O) groups is 2. The molecule has 0 aromatic heterocycles. The summed E-state index contributed by atoms with van der Waals surface area (Å²) >= 11 is 0. The molecule has 52 valence electrons. The fourth-order valence-electron chi connectivity index (χ4n) is 0.155. The Morgan fingerprint density at radius 2 is 2.11 bits per heavy atom. The number of aldehydes is 1. The lowest BCUT2D eigenvalue weighted by Gasteiger charge is -2.10. The van der Waals surface area contributed by atoms with Gasteiger partial charge in [-0.3, -0.25) is 4.79 Å². The van der Waals surface area contributed by atoms with E-state index in [-0.39, 0.29) is 6.29 Å². The van der Waals surface area contributed by atoms with Gasteiger partial charge in [-0.1, -0.05) is 0 Å². The highest BCUT2D eigenvalue weighted by molar-refractivity contribution is 5.95. The van der Waals surface area contributed by atoms with Gasteiger partial charge in [0.05, 0.1) is 6.61 Å². The lowest BCUT2D eigenvalue weighted by molar-refractivity contribution is -0.164. The molecule has 0 saturated carbocycles. The largest absolute Gasteiger partial charge is 0.479 e. The molecule has 0 fully saturated rings. The molecule has 1 atom stereocenters. The van der Waals surface area contributed by atoms with E-state index in [2.05, 4.69) is 0 Å². The van der Waals surface area contributed by atoms with E-state index in [0.29, 0.717) is 0 Å². The predicted molar refractivity (Wildman–Crippen MR) is 25.7 cm³/mol. The van der Waals surface area contributed by atoms with E-state index in [1.54, 1.807) is 0 Å². The Kier molecular flexibility index (Phi) is 2.29. The van der Waals surface area contributed by atoms with Gasteiger partial charge >= 0.3 is 5.97 Å². The van der Waals surface area contributed by atoms with Gasteiger partial charge in [0.25, 0.3) is 0 Å². The highest BCUT2D eigenvalue weighted by Gasteiger charge is 2.34. The van der Waals surface area contributed by atoms with Crippen molar-refractivity contribution in [3.63, 3.8) is 0 Å². The maximum atomic E-state index is 9.84. The smallest absolute Gasteiger partial charge is 0.345 e. The van der Waals surface area contributed by atoms with Gasteiger partial charge in [0.1, 0.15) is 0 Å². The number of hydrogen-bond donors (Lipinski definition) is 3. The second-order valence-corrected chi connectivity index (χ2v) is 1.51. The summed E-state index contributed by atoms with van der Waals surface area (Å²) in [7, 11) is 0. The minimum Gasteiger partial charge on any atom is -0.479 e. The van der Waals surface area contributed by atoms with Crippen molar-refractivity contribution < 1.29 is 24.9 Å². The summed E-state index contributed by atoms with van der Waals surface area (Å²) in [5.74, 6) is -1.75. The molecule has 0 heterocycles. The van der Waals surface area contributed by atoms with E-state index < -0.39 is 18.2 Å². The van der Waals surface area contributed by atoms with E-state index in [9.17, 15) is 9.59 Å². The van der Waals surface area contributed by atoms with Crippen molar-refractivity contribution in [3.05, 3.63) is 0 Å². The summed E-state index contributed by atoms with van der Waals surface area (Å²) in [6.45, 7) is -1.11. The number of carboxylic acids is 1. The molecule has 5 nitrogen and oxygen atoms in total. The SMILES string of the molecule is O=CC(O)(CO)C(=O)O. The van der Waals surface area contributed by atoms with Crippen molar-refractivity contribution in [3.8, 4) is 0 Å². The highest BCUT2D eigenvalue weighted by Crippen LogP contribution is 1.96. The number of carbonyl (C=O) groups excluding carboxylic acids is 1. The van der Waals surface area contributed by atoms with Crippen LogP contribution in [-0.2, 0) is 9.59 Å². The molecule has 0 saturated heterocycles. The monoisotopic (exact) mass is 134 g/mol. The molecule has 0 aromatic carbocycles. The standard InChI is InChI=1S/C4H6O5/c5-1-4(9,2-6)3(7)8/h1,6,9H,2H2,(H,7,8). The molecule has 0 spiro atoms. The zero-order valence-electron chi connectivity index (χ0n) is 4.44. The molecule has 3 N–H and O–H groups in total. The molecule has 0 bridgehead atoms. The van der Waals surface area contributed by atoms with Gasteiger partial charge in [-0.25, -0.2) is 4.79 Å². The number of carboxylic acid groups (broad SMARTS) is 1. The molecular weight excluding hydrogens is 128 g/mol. The summed E-state index contributed by atoms with van der Waals surface area (Å²) < 4.78 is 0. The zero-order valence-corrected chi connectivity index (χ0v) is 4.44. The summed E-state index contributed by atoms with van der Waals surface area (Å²) in [6, 6.07) is 0. The number of rotatable bonds is 3. The predicted octanol–water partition coefficient (Wildman–Crippen LogP) is -2.01. The first-order valence-electron chi connectivity index (χ1n) is 2.10. The Hall–Kier alpha value is -0.940. The molecule has 0 amide bonds. The van der Waals surface area contributed by atoms with E-state index in [0.717, 1.165) is 0 Å². The van der Waals surface area contributed by atoms with Crippen molar-refractivity contribution in [2.45, 2.75) is 5.60 Å². The lowest BCUT2D eigenvalue weighted by Crippen LogP contribution is -2.43. The van der Waals surface area contributed by atoms with E-state index in [1.165, 1.54) is 0 Å². The maximum Gasteiger partial charge on any atom is 0.345 e. The summed E-state index contributed by atoms with van der Waals surface area (Å²) in [5, 5.41) is 24.6. The molecule has 0 aliphatic heterocycles. The second kappa shape index (κ2) is 2.56. The lowest BCUT2D eigenvalue weighted by atomic mass is 10.1. The molecular formula is C4H6O5. The average Bonchev–Trinajstić information content (AvgIpc) is 1.86. The topological polar surface area (TPSA) is 94.8 Å². The van der Waals surface area contributed by atoms with Gasteiger partial charge in [-0.2, -0.15) is 0 Å². The number of hydrogen-bond acceptors (Lipinski definition) is 4. The Labute approximate surface area is 50.5 Å². The summed E-state index contributed by atoms with van der Waals surface area (Å²) in [6.07, 6.45) is -0.227. The Balaban J connectivity index is 4.27. The average molecular weight is 134 g/mol. The van der Waals surface area contributed by atoms with Gasteiger partial charge in [0, 0.05) is 0 Å². The highest BCUT2D eigenvalue weighted by atomic mass is 16.4. The van der Waals surface area contributed by atoms with Gasteiger partial charge < -0.3 is 15.3 Å². The normalized spacial score (nSPS) is 16.2. The Morgan fingerprint density at radius 3 is 2.11 bits per heavy atom. The van der Waals surface area contributed by atoms with Crippen LogP contribution in [0.4, 0.5) is 0 Å². The Bertz CT molecular complexity index is 131. The van der Waals surface area contributed by atoms with Crippen molar-refractivity contribution >= 4 is 12.3 Å². The van der Waals surface area contributed by atoms with E-state index >= 15 is 0 Å². The van der Waals surface area contributed by atoms with Crippen LogP contribution in [0.1, 0.15) is 0 Å². The fourth-order valence-corrected chi connectivity index (χ4v) is 0.155. The summed E-state index contributed by atoms with van der Waals surface area (Å²) in [4.78, 5) is 19.6. The van der Waals surface area contributed by atoms with Crippen LogP contribution in [0.2, 0.25) is 0 Å². The third-order valence-electron chi connectivity index (χ3n) is 0.806. The first-order chi connectivity index (χ1) is 4.06. The van der Waals surface area contributed by atoms with Crippen molar-refractivity contribution in [1.29, 1.82) is 0 Å². The van der Waals surface area contributed by atoms with Crippen LogP contribution >= 0.6 is 0 Å². The van der Waals surface area contributed by atoms with Crippen LogP contribution in [-0.4, -0.2) is 39.8 Å². The molecule has 0 aromatic rings. The zero-order chi connectivity index (χ0) is 7.49. The number of aliphatic hydroxyl groups is 2. The van der Waals surface area contributed by atoms with Crippen molar-refractivity contribution in [2.24, 2.45) is 0 Å². The molecule has 1 unspecified atom stereocenters. The van der Waals surface area contributed by atoms with Crippen LogP contribution in [0, 0.1) is 0 Å². The van der Waals surface area contributed by atoms with E-state index in [1.807, 2.05) is 0 Å². The molecule has 0 aliphatic rings. The number of aliphatic carboxylic acids is 1. The molecule has 0 rings (SSSR count). The third kappa shape index (κ3) is 1.48. The molecule has 5 heteroatoms. The second-order valence-electron chi connectivity index (χ2n) is 1.51. The van der Waals surface area contributed by atoms with Crippen LogP contribution in [0.15, 0.2) is 0 Å². The van der Waals surface area contributed by atoms with Crippen molar-refractivity contribution in [2.75, 3.05) is 6.61 Å². The van der Waals surface area contributed by atoms with Gasteiger partial charge in [-0.15, -0.1) is 0 Å². The Morgan fingerprint density at radius 1 is 1.67 bits per heavy atom. The minimum atomic E-state index is -2.62. The van der Waals surface area contributed by atoms with Gasteiger partial charge in [-0.05, 0) is 0 Å². The minimum absolute atomic E-state index is 0.227.